The van der Waals surface area contributed by atoms with Gasteiger partial charge in [-0.2, -0.15) is 0 Å². The van der Waals surface area contributed by atoms with E-state index in [-0.39, 0.29) is 17.5 Å². The maximum absolute atomic E-state index is 13.8. The fourth-order valence-electron chi connectivity index (χ4n) is 2.90. The minimum absolute atomic E-state index is 0.0928. The SMILES string of the molecule is CC(NC(=O)c1ccccc1F)C(=O)NC(c1ccccc1)c1ccccc1. The molecular weight excluding hydrogens is 355 g/mol. The van der Waals surface area contributed by atoms with Crippen molar-refractivity contribution < 1.29 is 14.0 Å². The zero-order valence-corrected chi connectivity index (χ0v) is 15.4. The van der Waals surface area contributed by atoms with Gasteiger partial charge >= 0.3 is 0 Å². The molecule has 1 atom stereocenters. The van der Waals surface area contributed by atoms with Gasteiger partial charge in [0, 0.05) is 0 Å². The van der Waals surface area contributed by atoms with Gasteiger partial charge in [0.1, 0.15) is 11.9 Å². The van der Waals surface area contributed by atoms with Gasteiger partial charge in [-0.05, 0) is 30.2 Å². The second-order valence-corrected chi connectivity index (χ2v) is 6.44. The number of hydrogen-bond acceptors (Lipinski definition) is 2. The molecule has 1 unspecified atom stereocenters. The van der Waals surface area contributed by atoms with Crippen LogP contribution in [-0.2, 0) is 4.79 Å². The van der Waals surface area contributed by atoms with Gasteiger partial charge in [0.2, 0.25) is 5.91 Å². The Morgan fingerprint density at radius 2 is 1.25 bits per heavy atom. The molecule has 0 spiro atoms. The van der Waals surface area contributed by atoms with Crippen LogP contribution in [0, 0.1) is 5.82 Å². The van der Waals surface area contributed by atoms with E-state index in [1.807, 2.05) is 60.7 Å². The quantitative estimate of drug-likeness (QED) is 0.687. The highest BCUT2D eigenvalue weighted by atomic mass is 19.1. The topological polar surface area (TPSA) is 58.2 Å². The molecular formula is C23H21FN2O2. The number of benzene rings is 3. The van der Waals surface area contributed by atoms with Crippen LogP contribution >= 0.6 is 0 Å². The lowest BCUT2D eigenvalue weighted by Crippen LogP contribution is -2.46. The summed E-state index contributed by atoms with van der Waals surface area (Å²) < 4.78 is 13.8. The molecule has 0 radical (unpaired) electrons. The number of rotatable bonds is 6. The summed E-state index contributed by atoms with van der Waals surface area (Å²) in [7, 11) is 0. The van der Waals surface area contributed by atoms with Crippen LogP contribution in [-0.4, -0.2) is 17.9 Å². The third-order valence-corrected chi connectivity index (χ3v) is 4.41. The van der Waals surface area contributed by atoms with E-state index in [1.165, 1.54) is 18.2 Å². The van der Waals surface area contributed by atoms with Crippen molar-refractivity contribution in [2.75, 3.05) is 0 Å². The first-order valence-electron chi connectivity index (χ1n) is 9.02. The fraction of sp³-hybridized carbons (Fsp3) is 0.130. The first-order chi connectivity index (χ1) is 13.6. The molecule has 3 aromatic rings. The van der Waals surface area contributed by atoms with E-state index in [4.69, 9.17) is 0 Å². The van der Waals surface area contributed by atoms with Crippen molar-refractivity contribution in [3.8, 4) is 0 Å². The predicted molar refractivity (Wildman–Crippen MR) is 106 cm³/mol. The number of amides is 2. The summed E-state index contributed by atoms with van der Waals surface area (Å²) in [6.45, 7) is 1.57. The average Bonchev–Trinajstić information content (AvgIpc) is 2.73. The molecule has 0 aromatic heterocycles. The molecule has 4 nitrogen and oxygen atoms in total. The summed E-state index contributed by atoms with van der Waals surface area (Å²) >= 11 is 0. The van der Waals surface area contributed by atoms with Crippen LogP contribution < -0.4 is 10.6 Å². The lowest BCUT2D eigenvalue weighted by Gasteiger charge is -2.22. The molecule has 0 aliphatic heterocycles. The Morgan fingerprint density at radius 3 is 1.79 bits per heavy atom. The van der Waals surface area contributed by atoms with Crippen LogP contribution in [0.5, 0.6) is 0 Å². The molecule has 0 heterocycles. The highest BCUT2D eigenvalue weighted by Gasteiger charge is 2.22. The van der Waals surface area contributed by atoms with Crippen LogP contribution in [0.2, 0.25) is 0 Å². The summed E-state index contributed by atoms with van der Waals surface area (Å²) in [5.41, 5.74) is 1.76. The van der Waals surface area contributed by atoms with E-state index < -0.39 is 17.8 Å². The smallest absolute Gasteiger partial charge is 0.254 e. The summed E-state index contributed by atoms with van der Waals surface area (Å²) in [5.74, 6) is -1.61. The third-order valence-electron chi connectivity index (χ3n) is 4.41. The maximum Gasteiger partial charge on any atom is 0.254 e. The van der Waals surface area contributed by atoms with E-state index >= 15 is 0 Å². The summed E-state index contributed by atoms with van der Waals surface area (Å²) in [5, 5.41) is 5.53. The Morgan fingerprint density at radius 1 is 0.750 bits per heavy atom. The maximum atomic E-state index is 13.8. The van der Waals surface area contributed by atoms with Crippen molar-refractivity contribution >= 4 is 11.8 Å². The number of halogens is 1. The van der Waals surface area contributed by atoms with Crippen LogP contribution in [0.4, 0.5) is 4.39 Å². The molecule has 0 aliphatic carbocycles. The van der Waals surface area contributed by atoms with Crippen LogP contribution in [0.1, 0.15) is 34.5 Å². The number of carbonyl (C=O) groups excluding carboxylic acids is 2. The largest absolute Gasteiger partial charge is 0.343 e. The second-order valence-electron chi connectivity index (χ2n) is 6.44. The predicted octanol–water partition coefficient (Wildman–Crippen LogP) is 3.85. The molecule has 0 saturated carbocycles. The van der Waals surface area contributed by atoms with E-state index in [0.29, 0.717) is 0 Å². The van der Waals surface area contributed by atoms with Crippen molar-refractivity contribution in [1.29, 1.82) is 0 Å². The van der Waals surface area contributed by atoms with Gasteiger partial charge < -0.3 is 10.6 Å². The molecule has 0 bridgehead atoms. The molecule has 3 rings (SSSR count). The molecule has 2 amide bonds. The Bertz CT molecular complexity index is 906. The van der Waals surface area contributed by atoms with Crippen molar-refractivity contribution in [3.05, 3.63) is 107 Å². The summed E-state index contributed by atoms with van der Waals surface area (Å²) in [6.07, 6.45) is 0. The molecule has 5 heteroatoms. The van der Waals surface area contributed by atoms with Crippen molar-refractivity contribution in [3.63, 3.8) is 0 Å². The van der Waals surface area contributed by atoms with E-state index in [0.717, 1.165) is 11.1 Å². The molecule has 0 saturated heterocycles. The first-order valence-corrected chi connectivity index (χ1v) is 9.02. The Labute approximate surface area is 163 Å². The molecule has 3 aromatic carbocycles. The highest BCUT2D eigenvalue weighted by molar-refractivity contribution is 5.97. The lowest BCUT2D eigenvalue weighted by atomic mass is 9.98. The average molecular weight is 376 g/mol. The lowest BCUT2D eigenvalue weighted by molar-refractivity contribution is -0.123. The van der Waals surface area contributed by atoms with Gasteiger partial charge in [-0.25, -0.2) is 4.39 Å². The monoisotopic (exact) mass is 376 g/mol. The van der Waals surface area contributed by atoms with Crippen LogP contribution in [0.15, 0.2) is 84.9 Å². The highest BCUT2D eigenvalue weighted by Crippen LogP contribution is 2.21. The number of hydrogen-bond donors (Lipinski definition) is 2. The van der Waals surface area contributed by atoms with E-state index in [2.05, 4.69) is 10.6 Å². The second kappa shape index (κ2) is 8.95. The molecule has 142 valence electrons. The Balaban J connectivity index is 1.75. The van der Waals surface area contributed by atoms with Crippen molar-refractivity contribution in [2.45, 2.75) is 19.0 Å². The zero-order chi connectivity index (χ0) is 19.9. The van der Waals surface area contributed by atoms with Gasteiger partial charge in [0.15, 0.2) is 0 Å². The summed E-state index contributed by atoms with van der Waals surface area (Å²) in [4.78, 5) is 25.0. The molecule has 2 N–H and O–H groups in total. The van der Waals surface area contributed by atoms with Gasteiger partial charge in [0.05, 0.1) is 11.6 Å². The van der Waals surface area contributed by atoms with Crippen LogP contribution in [0.25, 0.3) is 0 Å². The van der Waals surface area contributed by atoms with Gasteiger partial charge in [-0.1, -0.05) is 72.8 Å². The van der Waals surface area contributed by atoms with Gasteiger partial charge in [-0.3, -0.25) is 9.59 Å². The van der Waals surface area contributed by atoms with E-state index in [1.54, 1.807) is 13.0 Å². The first kappa shape index (κ1) is 19.3. The molecule has 0 aliphatic rings. The van der Waals surface area contributed by atoms with Gasteiger partial charge in [-0.15, -0.1) is 0 Å². The minimum Gasteiger partial charge on any atom is -0.343 e. The Hall–Kier alpha value is -3.47. The summed E-state index contributed by atoms with van der Waals surface area (Å²) in [6, 6.07) is 23.6. The fourth-order valence-corrected chi connectivity index (χ4v) is 2.90. The standard InChI is InChI=1S/C23H21FN2O2/c1-16(25-23(28)19-14-8-9-15-20(19)24)22(27)26-21(17-10-4-2-5-11-17)18-12-6-3-7-13-18/h2-16,21H,1H3,(H,25,28)(H,26,27). The van der Waals surface area contributed by atoms with Crippen molar-refractivity contribution in [1.82, 2.24) is 10.6 Å². The Kier molecular flexibility index (Phi) is 6.17. The van der Waals surface area contributed by atoms with Gasteiger partial charge in [0.25, 0.3) is 5.91 Å². The molecule has 0 fully saturated rings. The zero-order valence-electron chi connectivity index (χ0n) is 15.4. The number of nitrogens with one attached hydrogen (secondary N) is 2. The minimum atomic E-state index is -0.831. The normalized spacial score (nSPS) is 11.7. The molecule has 28 heavy (non-hydrogen) atoms. The van der Waals surface area contributed by atoms with E-state index in [9.17, 15) is 14.0 Å². The van der Waals surface area contributed by atoms with Crippen molar-refractivity contribution in [2.24, 2.45) is 0 Å². The third kappa shape index (κ3) is 4.62. The number of carbonyl (C=O) groups is 2. The van der Waals surface area contributed by atoms with Crippen LogP contribution in [0.3, 0.4) is 0 Å².